The van der Waals surface area contributed by atoms with Crippen LogP contribution in [0.5, 0.6) is 0 Å². The van der Waals surface area contributed by atoms with Gasteiger partial charge in [-0.2, -0.15) is 5.26 Å². The highest BCUT2D eigenvalue weighted by Gasteiger charge is 1.98. The number of carbonyl (C=O) groups excluding carboxylic acids is 1. The lowest BCUT2D eigenvalue weighted by molar-refractivity contribution is -0.118. The molecule has 0 radical (unpaired) electrons. The van der Waals surface area contributed by atoms with Gasteiger partial charge in [0.15, 0.2) is 0 Å². The molecule has 0 unspecified atom stereocenters. The zero-order chi connectivity index (χ0) is 12.7. The molecule has 0 atom stereocenters. The van der Waals surface area contributed by atoms with E-state index in [2.05, 4.69) is 17.2 Å². The third kappa shape index (κ3) is 4.59. The summed E-state index contributed by atoms with van der Waals surface area (Å²) in [5.74, 6) is 5.73. The van der Waals surface area contributed by atoms with Crippen molar-refractivity contribution >= 4 is 17.5 Å². The van der Waals surface area contributed by atoms with E-state index in [0.29, 0.717) is 29.1 Å². The minimum absolute atomic E-state index is 0.0665. The number of carbonyl (C=O) groups is 1. The Morgan fingerprint density at radius 1 is 1.53 bits per heavy atom. The molecule has 4 heteroatoms. The van der Waals surface area contributed by atoms with Gasteiger partial charge >= 0.3 is 0 Å². The van der Waals surface area contributed by atoms with E-state index in [-0.39, 0.29) is 5.91 Å². The average molecular weight is 247 g/mol. The Balaban J connectivity index is 2.60. The topological polar surface area (TPSA) is 52.9 Å². The van der Waals surface area contributed by atoms with Gasteiger partial charge < -0.3 is 5.32 Å². The zero-order valence-electron chi connectivity index (χ0n) is 9.38. The highest BCUT2D eigenvalue weighted by Crippen LogP contribution is 2.16. The number of rotatable bonds is 2. The lowest BCUT2D eigenvalue weighted by Crippen LogP contribution is -2.20. The van der Waals surface area contributed by atoms with Crippen LogP contribution in [0.15, 0.2) is 18.2 Å². The number of nitrogens with zero attached hydrogens (tertiary/aromatic N) is 1. The van der Waals surface area contributed by atoms with Crippen molar-refractivity contribution in [1.82, 2.24) is 5.32 Å². The van der Waals surface area contributed by atoms with Crippen molar-refractivity contribution < 1.29 is 4.79 Å². The maximum Gasteiger partial charge on any atom is 0.216 e. The molecule has 0 aromatic heterocycles. The van der Waals surface area contributed by atoms with Crippen molar-refractivity contribution in [2.24, 2.45) is 0 Å². The van der Waals surface area contributed by atoms with Crippen LogP contribution < -0.4 is 5.32 Å². The third-order valence-electron chi connectivity index (χ3n) is 1.95. The van der Waals surface area contributed by atoms with Crippen molar-refractivity contribution in [2.75, 3.05) is 6.54 Å². The molecule has 0 heterocycles. The molecule has 0 aliphatic heterocycles. The Morgan fingerprint density at radius 2 is 2.29 bits per heavy atom. The van der Waals surface area contributed by atoms with Crippen LogP contribution in [-0.2, 0) is 4.79 Å². The minimum atomic E-state index is -0.0665. The normalized spacial score (nSPS) is 8.76. The number of nitriles is 1. The average Bonchev–Trinajstić information content (AvgIpc) is 2.30. The fourth-order valence-electron chi connectivity index (χ4n) is 1.14. The predicted molar refractivity (Wildman–Crippen MR) is 66.3 cm³/mol. The molecule has 3 nitrogen and oxygen atoms in total. The Bertz CT molecular complexity index is 520. The summed E-state index contributed by atoms with van der Waals surface area (Å²) in [6.45, 7) is 1.99. The Morgan fingerprint density at radius 3 is 2.88 bits per heavy atom. The van der Waals surface area contributed by atoms with Gasteiger partial charge in [0.2, 0.25) is 5.91 Å². The summed E-state index contributed by atoms with van der Waals surface area (Å²) in [4.78, 5) is 10.6. The first-order valence-corrected chi connectivity index (χ1v) is 5.44. The second-order valence-corrected chi connectivity index (χ2v) is 3.75. The summed E-state index contributed by atoms with van der Waals surface area (Å²) in [6.07, 6.45) is 0.565. The van der Waals surface area contributed by atoms with Crippen LogP contribution in [0, 0.1) is 23.2 Å². The van der Waals surface area contributed by atoms with Crippen molar-refractivity contribution in [2.45, 2.75) is 13.3 Å². The van der Waals surface area contributed by atoms with Gasteiger partial charge in [-0.05, 0) is 18.2 Å². The van der Waals surface area contributed by atoms with E-state index in [4.69, 9.17) is 16.9 Å². The lowest BCUT2D eigenvalue weighted by Gasteiger charge is -1.96. The lowest BCUT2D eigenvalue weighted by atomic mass is 10.1. The van der Waals surface area contributed by atoms with E-state index in [0.717, 1.165) is 0 Å². The molecule has 0 aliphatic rings. The van der Waals surface area contributed by atoms with Gasteiger partial charge in [-0.1, -0.05) is 23.4 Å². The Hall–Kier alpha value is -1.97. The first-order chi connectivity index (χ1) is 8.13. The van der Waals surface area contributed by atoms with E-state index < -0.39 is 0 Å². The number of hydrogen-bond acceptors (Lipinski definition) is 2. The standard InChI is InChI=1S/C13H11ClN2O/c1-10(17)16-7-3-2-4-12-6-5-11(9-15)8-13(12)14/h5-6,8H,3,7H2,1H3,(H,16,17). The highest BCUT2D eigenvalue weighted by molar-refractivity contribution is 6.31. The first-order valence-electron chi connectivity index (χ1n) is 5.06. The molecule has 0 spiro atoms. The summed E-state index contributed by atoms with van der Waals surface area (Å²) >= 11 is 5.95. The van der Waals surface area contributed by atoms with Gasteiger partial charge in [-0.3, -0.25) is 4.79 Å². The van der Waals surface area contributed by atoms with Gasteiger partial charge in [0.1, 0.15) is 0 Å². The van der Waals surface area contributed by atoms with E-state index in [1.54, 1.807) is 18.2 Å². The van der Waals surface area contributed by atoms with E-state index in [1.807, 2.05) is 6.07 Å². The molecule has 1 rings (SSSR count). The zero-order valence-corrected chi connectivity index (χ0v) is 10.1. The molecule has 1 N–H and O–H groups in total. The van der Waals surface area contributed by atoms with Crippen LogP contribution in [0.25, 0.3) is 0 Å². The number of amides is 1. The van der Waals surface area contributed by atoms with E-state index >= 15 is 0 Å². The SMILES string of the molecule is CC(=O)NCCC#Cc1ccc(C#N)cc1Cl. The van der Waals surface area contributed by atoms with Crippen molar-refractivity contribution in [1.29, 1.82) is 5.26 Å². The fourth-order valence-corrected chi connectivity index (χ4v) is 1.37. The molecule has 1 amide bonds. The van der Waals surface area contributed by atoms with Gasteiger partial charge in [0, 0.05) is 25.5 Å². The molecular formula is C13H11ClN2O. The van der Waals surface area contributed by atoms with Gasteiger partial charge in [0.05, 0.1) is 16.7 Å². The maximum atomic E-state index is 10.6. The summed E-state index contributed by atoms with van der Waals surface area (Å²) in [7, 11) is 0. The van der Waals surface area contributed by atoms with Gasteiger partial charge in [0.25, 0.3) is 0 Å². The maximum absolute atomic E-state index is 10.6. The quantitative estimate of drug-likeness (QED) is 0.642. The first kappa shape index (κ1) is 13.1. The summed E-state index contributed by atoms with van der Waals surface area (Å²) in [5, 5.41) is 11.8. The summed E-state index contributed by atoms with van der Waals surface area (Å²) in [6, 6.07) is 6.97. The molecule has 0 fully saturated rings. The number of hydrogen-bond donors (Lipinski definition) is 1. The molecule has 0 aliphatic carbocycles. The van der Waals surface area contributed by atoms with Crippen LogP contribution in [0.3, 0.4) is 0 Å². The fraction of sp³-hybridized carbons (Fsp3) is 0.231. The molecule has 1 aromatic rings. The molecular weight excluding hydrogens is 236 g/mol. The van der Waals surface area contributed by atoms with Crippen LogP contribution in [-0.4, -0.2) is 12.5 Å². The number of nitrogens with one attached hydrogen (secondary N) is 1. The number of benzene rings is 1. The van der Waals surface area contributed by atoms with Crippen LogP contribution in [0.1, 0.15) is 24.5 Å². The van der Waals surface area contributed by atoms with Crippen molar-refractivity contribution in [3.63, 3.8) is 0 Å². The smallest absolute Gasteiger partial charge is 0.216 e. The number of halogens is 1. The largest absolute Gasteiger partial charge is 0.355 e. The summed E-state index contributed by atoms with van der Waals surface area (Å²) in [5.41, 5.74) is 1.20. The summed E-state index contributed by atoms with van der Waals surface area (Å²) < 4.78 is 0. The van der Waals surface area contributed by atoms with Gasteiger partial charge in [-0.25, -0.2) is 0 Å². The molecule has 0 saturated heterocycles. The minimum Gasteiger partial charge on any atom is -0.355 e. The third-order valence-corrected chi connectivity index (χ3v) is 2.26. The van der Waals surface area contributed by atoms with Crippen molar-refractivity contribution in [3.8, 4) is 17.9 Å². The van der Waals surface area contributed by atoms with Crippen LogP contribution in [0.4, 0.5) is 0 Å². The molecule has 1 aromatic carbocycles. The monoisotopic (exact) mass is 246 g/mol. The van der Waals surface area contributed by atoms with E-state index in [9.17, 15) is 4.79 Å². The Kier molecular flexibility index (Phi) is 5.07. The van der Waals surface area contributed by atoms with Crippen LogP contribution in [0.2, 0.25) is 5.02 Å². The molecule has 0 saturated carbocycles. The predicted octanol–water partition coefficient (Wildman–Crippen LogP) is 2.09. The Labute approximate surface area is 105 Å². The van der Waals surface area contributed by atoms with Gasteiger partial charge in [-0.15, -0.1) is 0 Å². The highest BCUT2D eigenvalue weighted by atomic mass is 35.5. The van der Waals surface area contributed by atoms with Crippen molar-refractivity contribution in [3.05, 3.63) is 34.3 Å². The second kappa shape index (κ2) is 6.58. The van der Waals surface area contributed by atoms with Crippen LogP contribution >= 0.6 is 11.6 Å². The molecule has 86 valence electrons. The molecule has 17 heavy (non-hydrogen) atoms. The van der Waals surface area contributed by atoms with E-state index in [1.165, 1.54) is 6.92 Å². The second-order valence-electron chi connectivity index (χ2n) is 3.34. The molecule has 0 bridgehead atoms.